The molecule has 124 valence electrons. The molecule has 1 fully saturated rings. The van der Waals surface area contributed by atoms with E-state index in [1.165, 1.54) is 0 Å². The van der Waals surface area contributed by atoms with Gasteiger partial charge in [0.25, 0.3) is 0 Å². The van der Waals surface area contributed by atoms with E-state index in [1.54, 1.807) is 6.20 Å². The van der Waals surface area contributed by atoms with E-state index < -0.39 is 5.60 Å². The summed E-state index contributed by atoms with van der Waals surface area (Å²) in [6.07, 6.45) is 4.74. The Morgan fingerprint density at radius 2 is 2.23 bits per heavy atom. The molecule has 6 nitrogen and oxygen atoms in total. The Bertz CT molecular complexity index is 489. The van der Waals surface area contributed by atoms with Crippen molar-refractivity contribution >= 4 is 6.09 Å². The van der Waals surface area contributed by atoms with Crippen LogP contribution in [0.1, 0.15) is 45.7 Å². The van der Waals surface area contributed by atoms with Crippen LogP contribution in [0, 0.1) is 0 Å². The van der Waals surface area contributed by atoms with E-state index in [9.17, 15) is 4.79 Å². The smallest absolute Gasteiger partial charge is 0.410 e. The Kier molecular flexibility index (Phi) is 5.45. The summed E-state index contributed by atoms with van der Waals surface area (Å²) in [7, 11) is 1.94. The summed E-state index contributed by atoms with van der Waals surface area (Å²) in [6, 6.07) is 2.39. The zero-order chi connectivity index (χ0) is 16.2. The van der Waals surface area contributed by atoms with Gasteiger partial charge in [-0.3, -0.25) is 4.68 Å². The van der Waals surface area contributed by atoms with Crippen LogP contribution in [0.5, 0.6) is 0 Å². The van der Waals surface area contributed by atoms with Crippen molar-refractivity contribution in [3.63, 3.8) is 0 Å². The zero-order valence-corrected chi connectivity index (χ0v) is 14.1. The van der Waals surface area contributed by atoms with E-state index >= 15 is 0 Å². The van der Waals surface area contributed by atoms with Gasteiger partial charge in [0.15, 0.2) is 0 Å². The highest BCUT2D eigenvalue weighted by Crippen LogP contribution is 2.28. The number of hydrogen-bond acceptors (Lipinski definition) is 4. The Labute approximate surface area is 132 Å². The van der Waals surface area contributed by atoms with Crippen LogP contribution in [0.25, 0.3) is 0 Å². The molecule has 22 heavy (non-hydrogen) atoms. The first-order chi connectivity index (χ1) is 10.4. The molecule has 1 saturated carbocycles. The normalized spacial score (nSPS) is 14.9. The van der Waals surface area contributed by atoms with Crippen LogP contribution in [0.4, 0.5) is 4.79 Å². The molecule has 1 N–H and O–H groups in total. The third-order valence-electron chi connectivity index (χ3n) is 3.60. The second-order valence-electron chi connectivity index (χ2n) is 6.88. The molecule has 1 aliphatic carbocycles. The molecule has 0 spiro atoms. The predicted octanol–water partition coefficient (Wildman–Crippen LogP) is 2.30. The highest BCUT2D eigenvalue weighted by atomic mass is 16.6. The Hall–Kier alpha value is -1.56. The SMILES string of the molecule is Cn1nccc1CNCCCN(C(=O)OC(C)(C)C)C1CC1. The molecule has 0 aliphatic heterocycles. The van der Waals surface area contributed by atoms with Gasteiger partial charge < -0.3 is 15.0 Å². The standard InChI is InChI=1S/C16H28N4O2/c1-16(2,3)22-15(21)20(13-6-7-13)11-5-9-17-12-14-8-10-18-19(14)4/h8,10,13,17H,5-7,9,11-12H2,1-4H3. The van der Waals surface area contributed by atoms with Gasteiger partial charge in [-0.25, -0.2) is 4.79 Å². The molecule has 0 radical (unpaired) electrons. The molecule has 0 atom stereocenters. The average Bonchev–Trinajstić information content (AvgIpc) is 3.15. The summed E-state index contributed by atoms with van der Waals surface area (Å²) in [5, 5.41) is 7.53. The first-order valence-electron chi connectivity index (χ1n) is 8.04. The van der Waals surface area contributed by atoms with Crippen LogP contribution in [0.15, 0.2) is 12.3 Å². The van der Waals surface area contributed by atoms with Gasteiger partial charge in [0, 0.05) is 32.4 Å². The molecule has 1 aromatic heterocycles. The largest absolute Gasteiger partial charge is 0.444 e. The number of amides is 1. The van der Waals surface area contributed by atoms with Gasteiger partial charge in [0.05, 0.1) is 5.69 Å². The highest BCUT2D eigenvalue weighted by molar-refractivity contribution is 5.69. The van der Waals surface area contributed by atoms with E-state index in [0.717, 1.165) is 44.6 Å². The predicted molar refractivity (Wildman–Crippen MR) is 85.5 cm³/mol. The number of hydrogen-bond donors (Lipinski definition) is 1. The summed E-state index contributed by atoms with van der Waals surface area (Å²) in [5.74, 6) is 0. The van der Waals surface area contributed by atoms with Crippen LogP contribution >= 0.6 is 0 Å². The van der Waals surface area contributed by atoms with E-state index in [2.05, 4.69) is 10.4 Å². The van der Waals surface area contributed by atoms with E-state index in [-0.39, 0.29) is 6.09 Å². The molecular weight excluding hydrogens is 280 g/mol. The van der Waals surface area contributed by atoms with Crippen molar-refractivity contribution in [1.82, 2.24) is 20.0 Å². The maximum Gasteiger partial charge on any atom is 0.410 e. The number of carbonyl (C=O) groups excluding carboxylic acids is 1. The minimum atomic E-state index is -0.429. The number of aromatic nitrogens is 2. The molecule has 1 amide bonds. The summed E-state index contributed by atoms with van der Waals surface area (Å²) >= 11 is 0. The molecule has 6 heteroatoms. The van der Waals surface area contributed by atoms with E-state index in [1.807, 2.05) is 43.5 Å². The number of aryl methyl sites for hydroxylation is 1. The van der Waals surface area contributed by atoms with Crippen molar-refractivity contribution in [1.29, 1.82) is 0 Å². The first kappa shape index (κ1) is 16.8. The van der Waals surface area contributed by atoms with Crippen LogP contribution in [-0.4, -0.2) is 45.5 Å². The van der Waals surface area contributed by atoms with Gasteiger partial charge in [0.2, 0.25) is 0 Å². The van der Waals surface area contributed by atoms with Crippen molar-refractivity contribution in [3.05, 3.63) is 18.0 Å². The molecule has 1 aromatic rings. The Morgan fingerprint density at radius 3 is 2.77 bits per heavy atom. The fraction of sp³-hybridized carbons (Fsp3) is 0.750. The maximum absolute atomic E-state index is 12.2. The van der Waals surface area contributed by atoms with Crippen molar-refractivity contribution in [2.45, 2.75) is 58.2 Å². The number of ether oxygens (including phenoxy) is 1. The van der Waals surface area contributed by atoms with E-state index in [4.69, 9.17) is 4.74 Å². The van der Waals surface area contributed by atoms with Gasteiger partial charge in [-0.15, -0.1) is 0 Å². The quantitative estimate of drug-likeness (QED) is 0.785. The molecule has 0 unspecified atom stereocenters. The van der Waals surface area contributed by atoms with Gasteiger partial charge in [-0.05, 0) is 52.6 Å². The molecule has 1 heterocycles. The number of nitrogens with zero attached hydrogens (tertiary/aromatic N) is 3. The summed E-state index contributed by atoms with van der Waals surface area (Å²) < 4.78 is 7.35. The minimum Gasteiger partial charge on any atom is -0.444 e. The molecule has 0 saturated heterocycles. The number of rotatable bonds is 7. The van der Waals surface area contributed by atoms with Crippen LogP contribution in [0.3, 0.4) is 0 Å². The lowest BCUT2D eigenvalue weighted by Crippen LogP contribution is -2.39. The third kappa shape index (κ3) is 5.33. The molecule has 0 aromatic carbocycles. The average molecular weight is 308 g/mol. The first-order valence-corrected chi connectivity index (χ1v) is 8.04. The number of nitrogens with one attached hydrogen (secondary N) is 1. The molecule has 0 bridgehead atoms. The molecule has 2 rings (SSSR count). The molecular formula is C16H28N4O2. The summed E-state index contributed by atoms with van der Waals surface area (Å²) in [6.45, 7) is 8.14. The van der Waals surface area contributed by atoms with Gasteiger partial charge in [-0.1, -0.05) is 0 Å². The second-order valence-corrected chi connectivity index (χ2v) is 6.88. The highest BCUT2D eigenvalue weighted by Gasteiger charge is 2.34. The van der Waals surface area contributed by atoms with Gasteiger partial charge >= 0.3 is 6.09 Å². The fourth-order valence-corrected chi connectivity index (χ4v) is 2.30. The second kappa shape index (κ2) is 7.13. The third-order valence-corrected chi connectivity index (χ3v) is 3.60. The van der Waals surface area contributed by atoms with E-state index in [0.29, 0.717) is 6.04 Å². The zero-order valence-electron chi connectivity index (χ0n) is 14.1. The monoisotopic (exact) mass is 308 g/mol. The lowest BCUT2D eigenvalue weighted by atomic mass is 10.2. The van der Waals surface area contributed by atoms with Crippen LogP contribution in [-0.2, 0) is 18.3 Å². The topological polar surface area (TPSA) is 59.4 Å². The van der Waals surface area contributed by atoms with Crippen LogP contribution in [0.2, 0.25) is 0 Å². The maximum atomic E-state index is 12.2. The molecule has 1 aliphatic rings. The lowest BCUT2D eigenvalue weighted by molar-refractivity contribution is 0.0232. The Morgan fingerprint density at radius 1 is 1.50 bits per heavy atom. The summed E-state index contributed by atoms with van der Waals surface area (Å²) in [5.41, 5.74) is 0.730. The van der Waals surface area contributed by atoms with Crippen LogP contribution < -0.4 is 5.32 Å². The van der Waals surface area contributed by atoms with Crippen molar-refractivity contribution in [2.24, 2.45) is 7.05 Å². The van der Waals surface area contributed by atoms with Gasteiger partial charge in [-0.2, -0.15) is 5.10 Å². The fourth-order valence-electron chi connectivity index (χ4n) is 2.30. The van der Waals surface area contributed by atoms with Crippen molar-refractivity contribution in [3.8, 4) is 0 Å². The number of carbonyl (C=O) groups is 1. The summed E-state index contributed by atoms with van der Waals surface area (Å²) in [4.78, 5) is 14.1. The Balaban J connectivity index is 1.69. The van der Waals surface area contributed by atoms with Gasteiger partial charge in [0.1, 0.15) is 5.60 Å². The minimum absolute atomic E-state index is 0.179. The van der Waals surface area contributed by atoms with Crippen molar-refractivity contribution in [2.75, 3.05) is 13.1 Å². The lowest BCUT2D eigenvalue weighted by Gasteiger charge is -2.27. The van der Waals surface area contributed by atoms with Crippen molar-refractivity contribution < 1.29 is 9.53 Å².